The van der Waals surface area contributed by atoms with E-state index in [0.29, 0.717) is 13.2 Å². The van der Waals surface area contributed by atoms with Gasteiger partial charge in [-0.05, 0) is 18.9 Å². The summed E-state index contributed by atoms with van der Waals surface area (Å²) in [7, 11) is 0. The van der Waals surface area contributed by atoms with Gasteiger partial charge in [0.15, 0.2) is 0 Å². The zero-order valence-corrected chi connectivity index (χ0v) is 10.9. The minimum Gasteiger partial charge on any atom is -0.381 e. The van der Waals surface area contributed by atoms with E-state index in [-0.39, 0.29) is 28.2 Å². The number of hydrogen-bond donors (Lipinski definition) is 1. The molecule has 0 saturated carbocycles. The Hall–Kier alpha value is -1.66. The number of carbonyl (C=O) groups is 1. The first-order chi connectivity index (χ1) is 9.08. The Kier molecular flexibility index (Phi) is 4.34. The van der Waals surface area contributed by atoms with Crippen molar-refractivity contribution in [3.05, 3.63) is 38.9 Å². The number of nitro groups is 1. The molecule has 1 aliphatic rings. The predicted octanol–water partition coefficient (Wildman–Crippen LogP) is 2.16. The second-order valence-corrected chi connectivity index (χ2v) is 4.69. The number of ether oxygens (including phenoxy) is 1. The quantitative estimate of drug-likeness (QED) is 0.681. The Labute approximate surface area is 114 Å². The molecule has 1 aliphatic heterocycles. The van der Waals surface area contributed by atoms with Crippen LogP contribution in [0.3, 0.4) is 0 Å². The number of benzene rings is 1. The lowest BCUT2D eigenvalue weighted by molar-refractivity contribution is -0.384. The molecule has 0 radical (unpaired) electrons. The summed E-state index contributed by atoms with van der Waals surface area (Å²) in [5, 5.41) is 13.5. The van der Waals surface area contributed by atoms with Crippen molar-refractivity contribution < 1.29 is 14.5 Å². The van der Waals surface area contributed by atoms with E-state index >= 15 is 0 Å². The lowest BCUT2D eigenvalue weighted by Crippen LogP contribution is -2.39. The summed E-state index contributed by atoms with van der Waals surface area (Å²) >= 11 is 5.90. The normalized spacial score (nSPS) is 16.1. The van der Waals surface area contributed by atoms with Crippen molar-refractivity contribution in [2.24, 2.45) is 0 Å². The molecule has 0 aliphatic carbocycles. The van der Waals surface area contributed by atoms with Crippen molar-refractivity contribution in [3.63, 3.8) is 0 Å². The molecule has 0 unspecified atom stereocenters. The smallest absolute Gasteiger partial charge is 0.270 e. The highest BCUT2D eigenvalue weighted by Gasteiger charge is 2.19. The minimum atomic E-state index is -0.550. The second-order valence-electron chi connectivity index (χ2n) is 4.28. The van der Waals surface area contributed by atoms with Crippen LogP contribution >= 0.6 is 11.6 Å². The highest BCUT2D eigenvalue weighted by atomic mass is 35.5. The van der Waals surface area contributed by atoms with Gasteiger partial charge in [-0.1, -0.05) is 11.6 Å². The van der Waals surface area contributed by atoms with Gasteiger partial charge in [-0.3, -0.25) is 14.9 Å². The molecule has 19 heavy (non-hydrogen) atoms. The van der Waals surface area contributed by atoms with Gasteiger partial charge in [0.25, 0.3) is 11.6 Å². The molecule has 1 aromatic rings. The molecule has 1 fully saturated rings. The minimum absolute atomic E-state index is 0.0625. The monoisotopic (exact) mass is 284 g/mol. The SMILES string of the molecule is O=C(NC1CCOCC1)c1ccc([N+](=O)[O-])cc1Cl. The van der Waals surface area contributed by atoms with E-state index in [4.69, 9.17) is 16.3 Å². The van der Waals surface area contributed by atoms with Gasteiger partial charge in [-0.15, -0.1) is 0 Å². The highest BCUT2D eigenvalue weighted by molar-refractivity contribution is 6.34. The third kappa shape index (κ3) is 3.42. The second kappa shape index (κ2) is 5.99. The number of rotatable bonds is 3. The van der Waals surface area contributed by atoms with Gasteiger partial charge in [0.05, 0.1) is 15.5 Å². The molecular formula is C12H13ClN2O4. The van der Waals surface area contributed by atoms with Crippen molar-refractivity contribution in [1.29, 1.82) is 0 Å². The summed E-state index contributed by atoms with van der Waals surface area (Å²) in [4.78, 5) is 22.0. The first-order valence-electron chi connectivity index (χ1n) is 5.90. The molecule has 1 aromatic carbocycles. The van der Waals surface area contributed by atoms with Crippen molar-refractivity contribution >= 4 is 23.2 Å². The van der Waals surface area contributed by atoms with Crippen LogP contribution in [0, 0.1) is 10.1 Å². The summed E-state index contributed by atoms with van der Waals surface area (Å²) in [5.74, 6) is -0.313. The first-order valence-corrected chi connectivity index (χ1v) is 6.28. The van der Waals surface area contributed by atoms with Gasteiger partial charge in [-0.25, -0.2) is 0 Å². The summed E-state index contributed by atoms with van der Waals surface area (Å²) in [6, 6.07) is 3.88. The van der Waals surface area contributed by atoms with Crippen LogP contribution in [0.1, 0.15) is 23.2 Å². The lowest BCUT2D eigenvalue weighted by atomic mass is 10.1. The van der Waals surface area contributed by atoms with Gasteiger partial charge >= 0.3 is 0 Å². The van der Waals surface area contributed by atoms with Crippen LogP contribution < -0.4 is 5.32 Å². The average Bonchev–Trinajstić information content (AvgIpc) is 2.39. The Morgan fingerprint density at radius 3 is 2.68 bits per heavy atom. The Balaban J connectivity index is 2.08. The number of nitro benzene ring substituents is 1. The predicted molar refractivity (Wildman–Crippen MR) is 69.4 cm³/mol. The van der Waals surface area contributed by atoms with Crippen LogP contribution in [0.25, 0.3) is 0 Å². The fourth-order valence-electron chi connectivity index (χ4n) is 1.91. The number of non-ortho nitro benzene ring substituents is 1. The van der Waals surface area contributed by atoms with E-state index in [1.54, 1.807) is 0 Å². The number of nitrogens with one attached hydrogen (secondary N) is 1. The lowest BCUT2D eigenvalue weighted by Gasteiger charge is -2.23. The van der Waals surface area contributed by atoms with Crippen LogP contribution in [-0.2, 0) is 4.74 Å². The molecule has 102 valence electrons. The largest absolute Gasteiger partial charge is 0.381 e. The van der Waals surface area contributed by atoms with Crippen molar-refractivity contribution in [1.82, 2.24) is 5.32 Å². The van der Waals surface area contributed by atoms with Gasteiger partial charge in [0, 0.05) is 31.4 Å². The Morgan fingerprint density at radius 2 is 2.11 bits per heavy atom. The van der Waals surface area contributed by atoms with Gasteiger partial charge < -0.3 is 10.1 Å². The molecule has 1 saturated heterocycles. The first kappa shape index (κ1) is 13.8. The van der Waals surface area contributed by atoms with Crippen LogP contribution in [0.4, 0.5) is 5.69 Å². The summed E-state index contributed by atoms with van der Waals surface area (Å²) < 4.78 is 5.20. The molecule has 7 heteroatoms. The van der Waals surface area contributed by atoms with Crippen LogP contribution in [0.5, 0.6) is 0 Å². The van der Waals surface area contributed by atoms with Crippen LogP contribution in [-0.4, -0.2) is 30.1 Å². The third-order valence-electron chi connectivity index (χ3n) is 2.96. The molecule has 0 aromatic heterocycles. The zero-order valence-electron chi connectivity index (χ0n) is 10.1. The summed E-state index contributed by atoms with van der Waals surface area (Å²) in [6.07, 6.45) is 1.52. The number of nitrogens with zero attached hydrogens (tertiary/aromatic N) is 1. The summed E-state index contributed by atoms with van der Waals surface area (Å²) in [6.45, 7) is 1.25. The van der Waals surface area contributed by atoms with E-state index < -0.39 is 4.92 Å². The molecule has 0 atom stereocenters. The van der Waals surface area contributed by atoms with E-state index in [1.807, 2.05) is 0 Å². The third-order valence-corrected chi connectivity index (χ3v) is 3.28. The Bertz CT molecular complexity index is 501. The van der Waals surface area contributed by atoms with Gasteiger partial charge in [0.1, 0.15) is 0 Å². The number of halogens is 1. The maximum absolute atomic E-state index is 12.0. The van der Waals surface area contributed by atoms with Crippen molar-refractivity contribution in [2.75, 3.05) is 13.2 Å². The van der Waals surface area contributed by atoms with Crippen LogP contribution in [0.15, 0.2) is 18.2 Å². The maximum Gasteiger partial charge on any atom is 0.270 e. The van der Waals surface area contributed by atoms with Gasteiger partial charge in [0.2, 0.25) is 0 Å². The average molecular weight is 285 g/mol. The van der Waals surface area contributed by atoms with Crippen molar-refractivity contribution in [3.8, 4) is 0 Å². The maximum atomic E-state index is 12.0. The van der Waals surface area contributed by atoms with Crippen molar-refractivity contribution in [2.45, 2.75) is 18.9 Å². The molecule has 1 heterocycles. The van der Waals surface area contributed by atoms with E-state index in [1.165, 1.54) is 18.2 Å². The van der Waals surface area contributed by atoms with E-state index in [2.05, 4.69) is 5.32 Å². The molecule has 1 N–H and O–H groups in total. The van der Waals surface area contributed by atoms with E-state index in [0.717, 1.165) is 12.8 Å². The molecule has 0 bridgehead atoms. The fraction of sp³-hybridized carbons (Fsp3) is 0.417. The topological polar surface area (TPSA) is 81.5 Å². The fourth-order valence-corrected chi connectivity index (χ4v) is 2.17. The number of carbonyl (C=O) groups excluding carboxylic acids is 1. The molecule has 6 nitrogen and oxygen atoms in total. The molecule has 1 amide bonds. The standard InChI is InChI=1S/C12H13ClN2O4/c13-11-7-9(15(17)18)1-2-10(11)12(16)14-8-3-5-19-6-4-8/h1-2,7-8H,3-6H2,(H,14,16). The van der Waals surface area contributed by atoms with Crippen LogP contribution in [0.2, 0.25) is 5.02 Å². The van der Waals surface area contributed by atoms with Gasteiger partial charge in [-0.2, -0.15) is 0 Å². The molecule has 2 rings (SSSR count). The van der Waals surface area contributed by atoms with E-state index in [9.17, 15) is 14.9 Å². The summed E-state index contributed by atoms with van der Waals surface area (Å²) in [5.41, 5.74) is 0.117. The zero-order chi connectivity index (χ0) is 13.8. The number of hydrogen-bond acceptors (Lipinski definition) is 4. The molecular weight excluding hydrogens is 272 g/mol. The molecule has 0 spiro atoms. The highest BCUT2D eigenvalue weighted by Crippen LogP contribution is 2.22. The number of amides is 1. The Morgan fingerprint density at radius 1 is 1.42 bits per heavy atom.